The average Bonchev–Trinajstić information content (AvgIpc) is 2.42. The van der Waals surface area contributed by atoms with Crippen molar-refractivity contribution in [3.63, 3.8) is 0 Å². The molecule has 0 radical (unpaired) electrons. The van der Waals surface area contributed by atoms with E-state index in [0.717, 1.165) is 22.3 Å². The second-order valence-electron chi connectivity index (χ2n) is 3.07. The molecule has 0 saturated carbocycles. The SMILES string of the molecule is Cl.NC1CCc2c(Cl)ccc(Br)c21. The number of benzene rings is 1. The van der Waals surface area contributed by atoms with E-state index in [1.807, 2.05) is 12.1 Å². The zero-order chi connectivity index (χ0) is 8.72. The number of hydrogen-bond acceptors (Lipinski definition) is 1. The highest BCUT2D eigenvalue weighted by Crippen LogP contribution is 2.38. The number of fused-ring (bicyclic) bond motifs is 1. The van der Waals surface area contributed by atoms with Gasteiger partial charge in [-0.3, -0.25) is 0 Å². The minimum atomic E-state index is 0. The van der Waals surface area contributed by atoms with Crippen molar-refractivity contribution in [3.8, 4) is 0 Å². The van der Waals surface area contributed by atoms with E-state index >= 15 is 0 Å². The predicted octanol–water partition coefficient (Wildman–Crippen LogP) is 3.47. The van der Waals surface area contributed by atoms with Crippen LogP contribution in [0.25, 0.3) is 0 Å². The van der Waals surface area contributed by atoms with Gasteiger partial charge < -0.3 is 5.73 Å². The van der Waals surface area contributed by atoms with Gasteiger partial charge >= 0.3 is 0 Å². The molecule has 0 saturated heterocycles. The molecule has 1 aliphatic carbocycles. The van der Waals surface area contributed by atoms with E-state index in [4.69, 9.17) is 17.3 Å². The van der Waals surface area contributed by atoms with E-state index in [9.17, 15) is 0 Å². The smallest absolute Gasteiger partial charge is 0.0442 e. The van der Waals surface area contributed by atoms with E-state index < -0.39 is 0 Å². The zero-order valence-corrected chi connectivity index (χ0v) is 10.0. The zero-order valence-electron chi connectivity index (χ0n) is 6.89. The van der Waals surface area contributed by atoms with E-state index in [2.05, 4.69) is 15.9 Å². The van der Waals surface area contributed by atoms with Gasteiger partial charge in [0.1, 0.15) is 0 Å². The summed E-state index contributed by atoms with van der Waals surface area (Å²) in [7, 11) is 0. The summed E-state index contributed by atoms with van der Waals surface area (Å²) < 4.78 is 1.09. The Kier molecular flexibility index (Phi) is 3.64. The van der Waals surface area contributed by atoms with Crippen molar-refractivity contribution in [3.05, 3.63) is 32.8 Å². The van der Waals surface area contributed by atoms with Crippen LogP contribution in [-0.2, 0) is 6.42 Å². The first-order chi connectivity index (χ1) is 5.70. The van der Waals surface area contributed by atoms with Crippen molar-refractivity contribution in [2.45, 2.75) is 18.9 Å². The van der Waals surface area contributed by atoms with E-state index in [1.165, 1.54) is 11.1 Å². The summed E-state index contributed by atoms with van der Waals surface area (Å²) >= 11 is 9.51. The first-order valence-electron chi connectivity index (χ1n) is 3.92. The molecular weight excluding hydrogens is 273 g/mol. The Morgan fingerprint density at radius 2 is 2.15 bits per heavy atom. The van der Waals surface area contributed by atoms with Gasteiger partial charge in [0.2, 0.25) is 0 Å². The Balaban J connectivity index is 0.000000845. The van der Waals surface area contributed by atoms with Crippen molar-refractivity contribution in [1.29, 1.82) is 0 Å². The summed E-state index contributed by atoms with van der Waals surface area (Å²) in [4.78, 5) is 0. The monoisotopic (exact) mass is 281 g/mol. The Labute approximate surface area is 97.2 Å². The fraction of sp³-hybridized carbons (Fsp3) is 0.333. The van der Waals surface area contributed by atoms with Crippen LogP contribution in [0.5, 0.6) is 0 Å². The molecule has 2 N–H and O–H groups in total. The molecule has 1 unspecified atom stereocenters. The van der Waals surface area contributed by atoms with Crippen LogP contribution in [0.4, 0.5) is 0 Å². The van der Waals surface area contributed by atoms with Crippen LogP contribution < -0.4 is 5.73 Å². The molecule has 72 valence electrons. The van der Waals surface area contributed by atoms with Crippen LogP contribution in [0.15, 0.2) is 16.6 Å². The third-order valence-electron chi connectivity index (χ3n) is 2.32. The maximum atomic E-state index is 6.03. The second-order valence-corrected chi connectivity index (χ2v) is 4.33. The van der Waals surface area contributed by atoms with Crippen LogP contribution in [0.3, 0.4) is 0 Å². The summed E-state index contributed by atoms with van der Waals surface area (Å²) in [6.45, 7) is 0. The normalized spacial score (nSPS) is 19.5. The molecule has 0 aromatic heterocycles. The molecular formula is C9H10BrCl2N. The number of nitrogens with two attached hydrogens (primary N) is 1. The summed E-state index contributed by atoms with van der Waals surface area (Å²) in [5, 5.41) is 0.848. The Bertz CT molecular complexity index is 328. The quantitative estimate of drug-likeness (QED) is 0.775. The second kappa shape index (κ2) is 4.18. The molecule has 0 heterocycles. The highest BCUT2D eigenvalue weighted by molar-refractivity contribution is 9.10. The van der Waals surface area contributed by atoms with Gasteiger partial charge in [-0.2, -0.15) is 0 Å². The molecule has 4 heteroatoms. The molecule has 2 rings (SSSR count). The third kappa shape index (κ3) is 1.86. The summed E-state index contributed by atoms with van der Waals surface area (Å²) in [6, 6.07) is 4.04. The van der Waals surface area contributed by atoms with Crippen LogP contribution in [0.2, 0.25) is 5.02 Å². The first kappa shape index (κ1) is 11.3. The number of hydrogen-bond donors (Lipinski definition) is 1. The molecule has 0 amide bonds. The topological polar surface area (TPSA) is 26.0 Å². The lowest BCUT2D eigenvalue weighted by Gasteiger charge is -2.07. The van der Waals surface area contributed by atoms with Gasteiger partial charge in [0.25, 0.3) is 0 Å². The van der Waals surface area contributed by atoms with Gasteiger partial charge in [0.15, 0.2) is 0 Å². The molecule has 1 aromatic rings. The lowest BCUT2D eigenvalue weighted by atomic mass is 10.1. The average molecular weight is 283 g/mol. The van der Waals surface area contributed by atoms with E-state index in [-0.39, 0.29) is 18.4 Å². The van der Waals surface area contributed by atoms with Crippen LogP contribution >= 0.6 is 39.9 Å². The van der Waals surface area contributed by atoms with Crippen molar-refractivity contribution in [2.24, 2.45) is 5.73 Å². The lowest BCUT2D eigenvalue weighted by molar-refractivity contribution is 0.711. The van der Waals surface area contributed by atoms with E-state index in [1.54, 1.807) is 0 Å². The van der Waals surface area contributed by atoms with Gasteiger partial charge in [0, 0.05) is 15.5 Å². The van der Waals surface area contributed by atoms with Gasteiger partial charge in [-0.1, -0.05) is 27.5 Å². The van der Waals surface area contributed by atoms with Crippen molar-refractivity contribution in [1.82, 2.24) is 0 Å². The molecule has 0 bridgehead atoms. The van der Waals surface area contributed by atoms with Gasteiger partial charge in [-0.25, -0.2) is 0 Å². The Hall–Kier alpha value is 0.240. The summed E-state index contributed by atoms with van der Waals surface area (Å²) in [5.41, 5.74) is 8.35. The number of halogens is 3. The van der Waals surface area contributed by atoms with Crippen LogP contribution in [-0.4, -0.2) is 0 Å². The first-order valence-corrected chi connectivity index (χ1v) is 5.09. The van der Waals surface area contributed by atoms with Crippen molar-refractivity contribution >= 4 is 39.9 Å². The molecule has 0 spiro atoms. The molecule has 0 aliphatic heterocycles. The van der Waals surface area contributed by atoms with Crippen LogP contribution in [0.1, 0.15) is 23.6 Å². The van der Waals surface area contributed by atoms with Gasteiger partial charge in [0.05, 0.1) is 0 Å². The minimum Gasteiger partial charge on any atom is -0.324 e. The molecule has 1 aromatic carbocycles. The third-order valence-corrected chi connectivity index (χ3v) is 3.37. The van der Waals surface area contributed by atoms with Crippen molar-refractivity contribution < 1.29 is 0 Å². The summed E-state index contributed by atoms with van der Waals surface area (Å²) in [6.07, 6.45) is 2.02. The minimum absolute atomic E-state index is 0. The highest BCUT2D eigenvalue weighted by atomic mass is 79.9. The van der Waals surface area contributed by atoms with Gasteiger partial charge in [-0.05, 0) is 36.1 Å². The molecule has 1 nitrogen and oxygen atoms in total. The van der Waals surface area contributed by atoms with Crippen LogP contribution in [0, 0.1) is 0 Å². The fourth-order valence-electron chi connectivity index (χ4n) is 1.71. The maximum absolute atomic E-state index is 6.03. The predicted molar refractivity (Wildman–Crippen MR) is 61.6 cm³/mol. The fourth-order valence-corrected chi connectivity index (χ4v) is 2.63. The van der Waals surface area contributed by atoms with E-state index in [0.29, 0.717) is 0 Å². The number of rotatable bonds is 0. The Morgan fingerprint density at radius 3 is 2.77 bits per heavy atom. The maximum Gasteiger partial charge on any atom is 0.0442 e. The lowest BCUT2D eigenvalue weighted by Crippen LogP contribution is -2.05. The highest BCUT2D eigenvalue weighted by Gasteiger charge is 2.23. The standard InChI is InChI=1S/C9H9BrClN.ClH/c10-6-2-3-7(11)5-1-4-8(12)9(5)6;/h2-3,8H,1,4,12H2;1H. The van der Waals surface area contributed by atoms with Gasteiger partial charge in [-0.15, -0.1) is 12.4 Å². The molecule has 13 heavy (non-hydrogen) atoms. The Morgan fingerprint density at radius 1 is 1.46 bits per heavy atom. The molecule has 0 fully saturated rings. The van der Waals surface area contributed by atoms with Crippen molar-refractivity contribution in [2.75, 3.05) is 0 Å². The summed E-state index contributed by atoms with van der Waals surface area (Å²) in [5.74, 6) is 0. The molecule has 1 atom stereocenters. The largest absolute Gasteiger partial charge is 0.324 e. The molecule has 1 aliphatic rings.